The molecule has 0 amide bonds. The third kappa shape index (κ3) is 27.0. The van der Waals surface area contributed by atoms with Gasteiger partial charge in [0.1, 0.15) is 0 Å². The molecule has 0 atom stereocenters. The minimum Gasteiger partial charge on any atom is -0.302 e. The van der Waals surface area contributed by atoms with Crippen LogP contribution in [0.4, 0.5) is 0 Å². The lowest BCUT2D eigenvalue weighted by Crippen LogP contribution is -2.26. The van der Waals surface area contributed by atoms with Gasteiger partial charge in [0, 0.05) is 118 Å². The SMILES string of the molecule is C.C.C.C.C.C.C.CN(Cc1ccccc1)Cc1ccccc1.CN1CCc2c(ccc3ccccc23)C1.CN1CCc2cc3ccccc3cc2C1.CN1CCc2ccc3ccccc3c2C1.CN1CCc2ccccc2C1.CN1Cc2cc3ccccc3cc2C1.CN1Cc2ccc3ccccc3c2C1.CN1Cc2cccc3cccc(c23)C1.CN1Cc2ccccc2C1. The highest BCUT2D eigenvalue weighted by Gasteiger charge is 2.22. The maximum absolute atomic E-state index is 2.40. The van der Waals surface area contributed by atoms with Crippen LogP contribution < -0.4 is 0 Å². The summed E-state index contributed by atoms with van der Waals surface area (Å²) in [5.41, 5.74) is 26.8. The van der Waals surface area contributed by atoms with Crippen molar-refractivity contribution >= 4 is 64.6 Å². The molecule has 0 fully saturated rings. The van der Waals surface area contributed by atoms with Gasteiger partial charge in [-0.1, -0.05) is 361 Å². The first-order valence-corrected chi connectivity index (χ1v) is 45.0. The molecule has 686 valence electrons. The minimum absolute atomic E-state index is 0. The molecular formula is C122H153N9. The number of benzene rings is 16. The monoisotopic (exact) mass is 1740 g/mol. The van der Waals surface area contributed by atoms with Gasteiger partial charge < -0.3 is 19.6 Å². The summed E-state index contributed by atoms with van der Waals surface area (Å²) in [6.07, 6.45) is 4.78. The molecule has 8 aliphatic heterocycles. The second-order valence-electron chi connectivity index (χ2n) is 36.0. The van der Waals surface area contributed by atoms with Gasteiger partial charge in [-0.05, 0) is 272 Å². The Morgan fingerprint density at radius 2 is 0.450 bits per heavy atom. The Labute approximate surface area is 790 Å². The molecule has 8 heterocycles. The molecule has 0 aromatic heterocycles. The summed E-state index contributed by atoms with van der Waals surface area (Å²) >= 11 is 0. The van der Waals surface area contributed by atoms with Crippen LogP contribution in [0.5, 0.6) is 0 Å². The van der Waals surface area contributed by atoms with Gasteiger partial charge in [-0.3, -0.25) is 24.5 Å². The summed E-state index contributed by atoms with van der Waals surface area (Å²) in [5.74, 6) is 0. The molecule has 9 heteroatoms. The third-order valence-corrected chi connectivity index (χ3v) is 25.7. The zero-order valence-electron chi connectivity index (χ0n) is 74.8. The predicted octanol–water partition coefficient (Wildman–Crippen LogP) is 27.9. The molecule has 8 aliphatic rings. The third-order valence-electron chi connectivity index (χ3n) is 25.7. The Bertz CT molecular complexity index is 6080. The summed E-state index contributed by atoms with van der Waals surface area (Å²) in [7, 11) is 19.6. The van der Waals surface area contributed by atoms with Gasteiger partial charge in [0.25, 0.3) is 0 Å². The summed E-state index contributed by atoms with van der Waals surface area (Å²) in [4.78, 5) is 21.2. The standard InChI is InChI=1S/C15H17N.3C14H15N.3C13H13N.C10H13N.C9H11N.7CH4/c1-16(12-14-8-4-2-5-9-14)13-15-10-6-3-7-11-15;1-15-7-6-13-8-11-4-2-3-5-12(11)9-14(13)10-15;1-15-9-8-14-12(10-15)7-6-11-4-2-3-5-13(11)14;1-15-9-8-12-7-6-11-4-2-3-5-13(11)14(12)10-15;1-14-8-11-6-2-4-10-5-3-7-12(9-14)13(10)11;1-14-8-12-6-10-4-2-3-5-11(10)7-13(12)9-14;1-14-8-11-7-6-10-4-2-3-5-12(10)13(11)9-14;1-11-7-6-9-4-2-3-5-10(9)8-11;1-10-6-8-4-2-3-5-9(8)7-10;;;;;;;/h2-11H,12-13H2,1H3;2-5,8-9H,6-7,10H2,1H3;2*2-7H,8-10H2,1H3;3*2-7H,8-9H2,1H3;2-5H,6-8H2,1H3;2-5H,6-7H2,1H3;7*1H4. The average molecular weight is 1750 g/mol. The molecule has 0 saturated heterocycles. The van der Waals surface area contributed by atoms with Crippen LogP contribution in [-0.2, 0) is 117 Å². The number of hydrogen-bond donors (Lipinski definition) is 0. The van der Waals surface area contributed by atoms with Crippen molar-refractivity contribution in [1.82, 2.24) is 44.1 Å². The summed E-state index contributed by atoms with van der Waals surface area (Å²) in [6.45, 7) is 19.9. The Balaban J connectivity index is 0.000000165. The van der Waals surface area contributed by atoms with Crippen molar-refractivity contribution in [3.63, 3.8) is 0 Å². The van der Waals surface area contributed by atoms with E-state index in [0.717, 1.165) is 91.6 Å². The van der Waals surface area contributed by atoms with E-state index in [1.54, 1.807) is 5.56 Å². The molecular weight excluding hydrogens is 1590 g/mol. The molecule has 16 aromatic carbocycles. The zero-order valence-corrected chi connectivity index (χ0v) is 74.8. The molecule has 16 aromatic rings. The minimum atomic E-state index is 0. The van der Waals surface area contributed by atoms with Crippen molar-refractivity contribution in [2.45, 2.75) is 169 Å². The summed E-state index contributed by atoms with van der Waals surface area (Å²) in [6, 6.07) is 118. The van der Waals surface area contributed by atoms with E-state index >= 15 is 0 Å². The average Bonchev–Trinajstić information content (AvgIpc) is 1.74. The largest absolute Gasteiger partial charge is 0.302 e. The molecule has 0 radical (unpaired) electrons. The van der Waals surface area contributed by atoms with Gasteiger partial charge in [0.15, 0.2) is 0 Å². The summed E-state index contributed by atoms with van der Waals surface area (Å²) in [5, 5.41) is 16.7. The quantitative estimate of drug-likeness (QED) is 0.171. The Morgan fingerprint density at radius 3 is 0.908 bits per heavy atom. The lowest BCUT2D eigenvalue weighted by molar-refractivity contribution is 0.313. The fourth-order valence-electron chi connectivity index (χ4n) is 19.3. The van der Waals surface area contributed by atoms with Gasteiger partial charge in [0.05, 0.1) is 0 Å². The lowest BCUT2D eigenvalue weighted by atomic mass is 9.94. The molecule has 0 unspecified atom stereocenters. The highest BCUT2D eigenvalue weighted by Crippen LogP contribution is 2.34. The van der Waals surface area contributed by atoms with Crippen molar-refractivity contribution in [3.05, 3.63) is 428 Å². The molecule has 0 N–H and O–H groups in total. The fraction of sp³-hybridized carbons (Fsp3) is 0.311. The maximum atomic E-state index is 2.40. The number of nitrogens with zero attached hydrogens (tertiary/aromatic N) is 9. The van der Waals surface area contributed by atoms with Gasteiger partial charge in [-0.2, -0.15) is 0 Å². The van der Waals surface area contributed by atoms with Crippen LogP contribution in [0.3, 0.4) is 0 Å². The van der Waals surface area contributed by atoms with Crippen LogP contribution in [-0.4, -0.2) is 134 Å². The first kappa shape index (κ1) is 103. The number of hydrogen-bond acceptors (Lipinski definition) is 9. The van der Waals surface area contributed by atoms with Crippen molar-refractivity contribution in [2.75, 3.05) is 89.6 Å². The second kappa shape index (κ2) is 49.8. The van der Waals surface area contributed by atoms with Crippen LogP contribution in [0.1, 0.15) is 152 Å². The number of likely N-dealkylation sites (N-methyl/N-ethyl adjacent to an activating group) is 4. The predicted molar refractivity (Wildman–Crippen MR) is 573 cm³/mol. The lowest BCUT2D eigenvalue weighted by Gasteiger charge is -2.26. The number of fused-ring (bicyclic) bond motifs is 15. The molecule has 0 bridgehead atoms. The Morgan fingerprint density at radius 1 is 0.191 bits per heavy atom. The van der Waals surface area contributed by atoms with Crippen LogP contribution in [0.15, 0.2) is 328 Å². The van der Waals surface area contributed by atoms with Gasteiger partial charge in [0.2, 0.25) is 0 Å². The molecule has 0 saturated carbocycles. The first-order chi connectivity index (χ1) is 60.6. The van der Waals surface area contributed by atoms with Gasteiger partial charge in [-0.25, -0.2) is 0 Å². The van der Waals surface area contributed by atoms with Crippen LogP contribution in [0, 0.1) is 0 Å². The second-order valence-corrected chi connectivity index (χ2v) is 36.0. The van der Waals surface area contributed by atoms with Gasteiger partial charge >= 0.3 is 0 Å². The van der Waals surface area contributed by atoms with E-state index in [1.807, 2.05) is 0 Å². The molecule has 0 spiro atoms. The highest BCUT2D eigenvalue weighted by molar-refractivity contribution is 5.91. The molecule has 0 aliphatic carbocycles. The molecule has 131 heavy (non-hydrogen) atoms. The smallest absolute Gasteiger partial charge is 0.0243 e. The van der Waals surface area contributed by atoms with E-state index in [0.29, 0.717) is 0 Å². The van der Waals surface area contributed by atoms with E-state index in [4.69, 9.17) is 0 Å². The van der Waals surface area contributed by atoms with E-state index in [-0.39, 0.29) is 52.0 Å². The van der Waals surface area contributed by atoms with E-state index in [1.165, 1.54) is 211 Å². The molecule has 24 rings (SSSR count). The van der Waals surface area contributed by atoms with Crippen molar-refractivity contribution in [2.24, 2.45) is 0 Å². The fourth-order valence-corrected chi connectivity index (χ4v) is 19.3. The van der Waals surface area contributed by atoms with Crippen LogP contribution in [0.25, 0.3) is 64.6 Å². The van der Waals surface area contributed by atoms with Crippen molar-refractivity contribution < 1.29 is 0 Å². The maximum Gasteiger partial charge on any atom is 0.0243 e. The Kier molecular flexibility index (Phi) is 39.3. The first-order valence-electron chi connectivity index (χ1n) is 45.0. The van der Waals surface area contributed by atoms with E-state index in [2.05, 4.69) is 435 Å². The number of rotatable bonds is 4. The van der Waals surface area contributed by atoms with Crippen molar-refractivity contribution in [3.8, 4) is 0 Å². The molecule has 9 nitrogen and oxygen atoms in total. The van der Waals surface area contributed by atoms with E-state index in [9.17, 15) is 0 Å². The van der Waals surface area contributed by atoms with Gasteiger partial charge in [-0.15, -0.1) is 0 Å². The van der Waals surface area contributed by atoms with E-state index < -0.39 is 0 Å². The Hall–Kier alpha value is -11.3. The normalized spacial score (nSPS) is 15.0. The van der Waals surface area contributed by atoms with Crippen molar-refractivity contribution in [1.29, 1.82) is 0 Å². The zero-order chi connectivity index (χ0) is 85.3. The highest BCUT2D eigenvalue weighted by atomic mass is 15.1. The van der Waals surface area contributed by atoms with Crippen LogP contribution >= 0.6 is 0 Å². The van der Waals surface area contributed by atoms with Crippen LogP contribution in [0.2, 0.25) is 0 Å². The topological polar surface area (TPSA) is 29.2 Å². The summed E-state index contributed by atoms with van der Waals surface area (Å²) < 4.78 is 0.